The lowest BCUT2D eigenvalue weighted by atomic mass is 9.78. The fraction of sp³-hybridized carbons (Fsp3) is 0.400. The maximum atomic E-state index is 11.9. The second kappa shape index (κ2) is 5.74. The van der Waals surface area contributed by atoms with Crippen molar-refractivity contribution in [1.82, 2.24) is 10.6 Å². The summed E-state index contributed by atoms with van der Waals surface area (Å²) in [5.74, 6) is -0.606. The molecule has 2 amide bonds. The van der Waals surface area contributed by atoms with Gasteiger partial charge in [-0.1, -0.05) is 18.2 Å². The molecule has 0 saturated heterocycles. The van der Waals surface area contributed by atoms with Crippen LogP contribution in [-0.4, -0.2) is 23.9 Å². The van der Waals surface area contributed by atoms with Crippen LogP contribution in [0.15, 0.2) is 24.3 Å². The summed E-state index contributed by atoms with van der Waals surface area (Å²) < 4.78 is 0. The van der Waals surface area contributed by atoms with Crippen molar-refractivity contribution >= 4 is 11.8 Å². The lowest BCUT2D eigenvalue weighted by Crippen LogP contribution is -2.54. The second-order valence-corrected chi connectivity index (χ2v) is 5.09. The average molecular weight is 271 g/mol. The molecular weight excluding hydrogens is 254 g/mol. The molecule has 0 radical (unpaired) electrons. The zero-order valence-corrected chi connectivity index (χ0v) is 11.4. The molecule has 2 rings (SSSR count). The van der Waals surface area contributed by atoms with Gasteiger partial charge in [-0.05, 0) is 37.8 Å². The summed E-state index contributed by atoms with van der Waals surface area (Å²) in [5, 5.41) is 14.3. The fourth-order valence-corrected chi connectivity index (χ4v) is 2.19. The Hall–Kier alpha value is -2.35. The van der Waals surface area contributed by atoms with Gasteiger partial charge in [0.2, 0.25) is 5.91 Å². The molecule has 1 fully saturated rings. The third kappa shape index (κ3) is 2.97. The minimum Gasteiger partial charge on any atom is -0.343 e. The molecule has 0 spiro atoms. The summed E-state index contributed by atoms with van der Waals surface area (Å²) in [4.78, 5) is 23.7. The van der Waals surface area contributed by atoms with Crippen LogP contribution in [-0.2, 0) is 4.79 Å². The highest BCUT2D eigenvalue weighted by Crippen LogP contribution is 2.30. The number of rotatable bonds is 4. The van der Waals surface area contributed by atoms with Crippen molar-refractivity contribution in [2.45, 2.75) is 31.7 Å². The normalized spacial score (nSPS) is 15.6. The number of carbonyl (C=O) groups excluding carboxylic acids is 2. The predicted molar refractivity (Wildman–Crippen MR) is 73.8 cm³/mol. The molecule has 0 bridgehead atoms. The Balaban J connectivity index is 1.86. The zero-order valence-electron chi connectivity index (χ0n) is 11.4. The lowest BCUT2D eigenvalue weighted by molar-refractivity contribution is -0.122. The molecule has 1 saturated carbocycles. The van der Waals surface area contributed by atoms with Crippen LogP contribution in [0.4, 0.5) is 0 Å². The number of aryl methyl sites for hydroxylation is 1. The topological polar surface area (TPSA) is 82.0 Å². The van der Waals surface area contributed by atoms with Gasteiger partial charge < -0.3 is 10.6 Å². The standard InChI is InChI=1S/C15H17N3O2/c1-11-5-2-3-6-12(11)14(20)17-9-13(19)18-15(10-16)7-4-8-15/h2-3,5-6H,4,7-9H2,1H3,(H,17,20)(H,18,19). The minimum atomic E-state index is -0.718. The van der Waals surface area contributed by atoms with Gasteiger partial charge in [-0.2, -0.15) is 5.26 Å². The minimum absolute atomic E-state index is 0.114. The highest BCUT2D eigenvalue weighted by molar-refractivity contribution is 5.97. The van der Waals surface area contributed by atoms with Crippen LogP contribution in [0.2, 0.25) is 0 Å². The van der Waals surface area contributed by atoms with Crippen LogP contribution in [0.5, 0.6) is 0 Å². The van der Waals surface area contributed by atoms with Crippen molar-refractivity contribution in [3.05, 3.63) is 35.4 Å². The Bertz CT molecular complexity index is 571. The number of nitrogens with zero attached hydrogens (tertiary/aromatic N) is 1. The summed E-state index contributed by atoms with van der Waals surface area (Å²) >= 11 is 0. The highest BCUT2D eigenvalue weighted by Gasteiger charge is 2.38. The number of amides is 2. The summed E-state index contributed by atoms with van der Waals surface area (Å²) in [6.07, 6.45) is 2.31. The Morgan fingerprint density at radius 3 is 2.60 bits per heavy atom. The molecule has 1 aliphatic rings. The Morgan fingerprint density at radius 1 is 1.35 bits per heavy atom. The molecular formula is C15H17N3O2. The molecule has 1 aliphatic carbocycles. The van der Waals surface area contributed by atoms with Crippen molar-refractivity contribution in [1.29, 1.82) is 5.26 Å². The number of nitriles is 1. The van der Waals surface area contributed by atoms with E-state index in [1.165, 1.54) is 0 Å². The number of carbonyl (C=O) groups is 2. The smallest absolute Gasteiger partial charge is 0.251 e. The maximum Gasteiger partial charge on any atom is 0.251 e. The summed E-state index contributed by atoms with van der Waals surface area (Å²) in [5.41, 5.74) is 0.696. The van der Waals surface area contributed by atoms with Gasteiger partial charge >= 0.3 is 0 Å². The molecule has 2 N–H and O–H groups in total. The zero-order chi connectivity index (χ0) is 14.6. The van der Waals surface area contributed by atoms with E-state index in [-0.39, 0.29) is 18.4 Å². The van der Waals surface area contributed by atoms with Gasteiger partial charge in [0.15, 0.2) is 0 Å². The number of hydrogen-bond donors (Lipinski definition) is 2. The molecule has 0 aromatic heterocycles. The predicted octanol–water partition coefficient (Wildman–Crippen LogP) is 1.29. The van der Waals surface area contributed by atoms with Crippen molar-refractivity contribution < 1.29 is 9.59 Å². The van der Waals surface area contributed by atoms with Crippen LogP contribution < -0.4 is 10.6 Å². The first-order chi connectivity index (χ1) is 9.56. The van der Waals surface area contributed by atoms with E-state index in [1.54, 1.807) is 12.1 Å². The first-order valence-corrected chi connectivity index (χ1v) is 6.62. The van der Waals surface area contributed by atoms with Gasteiger partial charge in [-0.3, -0.25) is 9.59 Å². The highest BCUT2D eigenvalue weighted by atomic mass is 16.2. The van der Waals surface area contributed by atoms with E-state index in [9.17, 15) is 9.59 Å². The van der Waals surface area contributed by atoms with E-state index < -0.39 is 5.54 Å². The second-order valence-electron chi connectivity index (χ2n) is 5.09. The molecule has 0 aliphatic heterocycles. The van der Waals surface area contributed by atoms with Crippen LogP contribution in [0.25, 0.3) is 0 Å². The largest absolute Gasteiger partial charge is 0.343 e. The van der Waals surface area contributed by atoms with Crippen LogP contribution in [0, 0.1) is 18.3 Å². The van der Waals surface area contributed by atoms with Crippen molar-refractivity contribution in [2.24, 2.45) is 0 Å². The SMILES string of the molecule is Cc1ccccc1C(=O)NCC(=O)NC1(C#N)CCC1. The summed E-state index contributed by atoms with van der Waals surface area (Å²) in [6, 6.07) is 9.32. The molecule has 5 nitrogen and oxygen atoms in total. The number of hydrogen-bond acceptors (Lipinski definition) is 3. The first-order valence-electron chi connectivity index (χ1n) is 6.62. The third-order valence-electron chi connectivity index (χ3n) is 3.60. The molecule has 1 aromatic carbocycles. The van der Waals surface area contributed by atoms with E-state index in [0.717, 1.165) is 12.0 Å². The van der Waals surface area contributed by atoms with Gasteiger partial charge in [-0.25, -0.2) is 0 Å². The number of benzene rings is 1. The molecule has 5 heteroatoms. The van der Waals surface area contributed by atoms with Gasteiger partial charge in [-0.15, -0.1) is 0 Å². The van der Waals surface area contributed by atoms with E-state index >= 15 is 0 Å². The Labute approximate surface area is 118 Å². The first kappa shape index (κ1) is 14.1. The quantitative estimate of drug-likeness (QED) is 0.865. The third-order valence-corrected chi connectivity index (χ3v) is 3.60. The van der Waals surface area contributed by atoms with Crippen LogP contribution >= 0.6 is 0 Å². The van der Waals surface area contributed by atoms with Crippen molar-refractivity contribution in [3.63, 3.8) is 0 Å². The van der Waals surface area contributed by atoms with E-state index in [2.05, 4.69) is 16.7 Å². The van der Waals surface area contributed by atoms with Gasteiger partial charge in [0, 0.05) is 5.56 Å². The van der Waals surface area contributed by atoms with Crippen LogP contribution in [0.3, 0.4) is 0 Å². The molecule has 20 heavy (non-hydrogen) atoms. The fourth-order valence-electron chi connectivity index (χ4n) is 2.19. The molecule has 0 unspecified atom stereocenters. The van der Waals surface area contributed by atoms with Crippen molar-refractivity contribution in [2.75, 3.05) is 6.54 Å². The summed E-state index contributed by atoms with van der Waals surface area (Å²) in [6.45, 7) is 1.73. The molecule has 1 aromatic rings. The lowest BCUT2D eigenvalue weighted by Gasteiger charge is -2.35. The molecule has 0 atom stereocenters. The maximum absolute atomic E-state index is 11.9. The van der Waals surface area contributed by atoms with Crippen LogP contribution in [0.1, 0.15) is 35.2 Å². The van der Waals surface area contributed by atoms with E-state index in [4.69, 9.17) is 5.26 Å². The Morgan fingerprint density at radius 2 is 2.05 bits per heavy atom. The van der Waals surface area contributed by atoms with Gasteiger partial charge in [0.05, 0.1) is 12.6 Å². The molecule has 104 valence electrons. The monoisotopic (exact) mass is 271 g/mol. The Kier molecular flexibility index (Phi) is 4.04. The van der Waals surface area contributed by atoms with Gasteiger partial charge in [0.25, 0.3) is 5.91 Å². The number of nitrogens with one attached hydrogen (secondary N) is 2. The molecule has 0 heterocycles. The average Bonchev–Trinajstić information content (AvgIpc) is 2.41. The summed E-state index contributed by atoms with van der Waals surface area (Å²) in [7, 11) is 0. The van der Waals surface area contributed by atoms with Crippen molar-refractivity contribution in [3.8, 4) is 6.07 Å². The van der Waals surface area contributed by atoms with E-state index in [1.807, 2.05) is 19.1 Å². The van der Waals surface area contributed by atoms with E-state index in [0.29, 0.717) is 18.4 Å². The van der Waals surface area contributed by atoms with Gasteiger partial charge in [0.1, 0.15) is 5.54 Å².